The predicted octanol–water partition coefficient (Wildman–Crippen LogP) is 3.48. The zero-order valence-electron chi connectivity index (χ0n) is 10.8. The Kier molecular flexibility index (Phi) is 4.87. The number of aliphatic hydroxyl groups excluding tert-OH is 1. The molecule has 3 nitrogen and oxygen atoms in total. The van der Waals surface area contributed by atoms with Gasteiger partial charge in [0, 0.05) is 22.1 Å². The van der Waals surface area contributed by atoms with Crippen molar-refractivity contribution in [3.63, 3.8) is 0 Å². The quantitative estimate of drug-likeness (QED) is 0.910. The summed E-state index contributed by atoms with van der Waals surface area (Å²) >= 11 is 9.35. The van der Waals surface area contributed by atoms with Crippen molar-refractivity contribution in [2.45, 2.75) is 38.3 Å². The second-order valence-corrected chi connectivity index (χ2v) is 6.29. The van der Waals surface area contributed by atoms with Gasteiger partial charge in [0.1, 0.15) is 0 Å². The summed E-state index contributed by atoms with van der Waals surface area (Å²) < 4.78 is 0.754. The van der Waals surface area contributed by atoms with Crippen LogP contribution in [0.5, 0.6) is 0 Å². The topological polar surface area (TPSA) is 40.5 Å². The lowest BCUT2D eigenvalue weighted by Gasteiger charge is -2.26. The number of nitrogens with zero attached hydrogens (tertiary/aromatic N) is 1. The zero-order valence-corrected chi connectivity index (χ0v) is 13.1. The van der Waals surface area contributed by atoms with E-state index in [1.54, 1.807) is 25.1 Å². The molecule has 0 radical (unpaired) electrons. The minimum atomic E-state index is -0.388. The average Bonchev–Trinajstić information content (AvgIpc) is 2.78. The number of hydrogen-bond donors (Lipinski definition) is 1. The minimum Gasteiger partial charge on any atom is -0.393 e. The molecule has 1 heterocycles. The Morgan fingerprint density at radius 1 is 1.63 bits per heavy atom. The van der Waals surface area contributed by atoms with Crippen LogP contribution in [-0.4, -0.2) is 34.6 Å². The van der Waals surface area contributed by atoms with E-state index in [1.165, 1.54) is 0 Å². The van der Waals surface area contributed by atoms with E-state index in [0.29, 0.717) is 17.0 Å². The molecular weight excluding hydrogens is 330 g/mol. The lowest BCUT2D eigenvalue weighted by molar-refractivity contribution is 0.0681. The van der Waals surface area contributed by atoms with Crippen LogP contribution in [0.25, 0.3) is 0 Å². The van der Waals surface area contributed by atoms with Gasteiger partial charge in [0.15, 0.2) is 0 Å². The number of carbonyl (C=O) groups is 1. The van der Waals surface area contributed by atoms with Gasteiger partial charge in [0.25, 0.3) is 5.91 Å². The SMILES string of the molecule is CC(O)CC1CCCN1C(=O)c1cc(Cl)ccc1Br. The number of benzene rings is 1. The molecule has 1 N–H and O–H groups in total. The molecule has 5 heteroatoms. The van der Waals surface area contributed by atoms with Gasteiger partial charge in [-0.1, -0.05) is 11.6 Å². The highest BCUT2D eigenvalue weighted by atomic mass is 79.9. The first kappa shape index (κ1) is 14.8. The zero-order chi connectivity index (χ0) is 14.0. The monoisotopic (exact) mass is 345 g/mol. The summed E-state index contributed by atoms with van der Waals surface area (Å²) in [6, 6.07) is 5.35. The summed E-state index contributed by atoms with van der Waals surface area (Å²) in [6.45, 7) is 2.51. The standard InChI is InChI=1S/C14H17BrClNO2/c1-9(18)7-11-3-2-6-17(11)14(19)12-8-10(16)4-5-13(12)15/h4-5,8-9,11,18H,2-3,6-7H2,1H3. The maximum absolute atomic E-state index is 12.6. The fourth-order valence-corrected chi connectivity index (χ4v) is 3.15. The van der Waals surface area contributed by atoms with E-state index >= 15 is 0 Å². The Balaban J connectivity index is 2.20. The normalized spacial score (nSPS) is 20.6. The van der Waals surface area contributed by atoms with Gasteiger partial charge in [-0.3, -0.25) is 4.79 Å². The van der Waals surface area contributed by atoms with Gasteiger partial charge < -0.3 is 10.0 Å². The molecule has 104 valence electrons. The van der Waals surface area contributed by atoms with Crippen molar-refractivity contribution >= 4 is 33.4 Å². The van der Waals surface area contributed by atoms with Gasteiger partial charge in [-0.05, 0) is 60.3 Å². The van der Waals surface area contributed by atoms with E-state index in [9.17, 15) is 9.90 Å². The maximum Gasteiger partial charge on any atom is 0.255 e. The highest BCUT2D eigenvalue weighted by Gasteiger charge is 2.30. The first-order valence-corrected chi connectivity index (χ1v) is 7.60. The number of rotatable bonds is 3. The molecule has 1 aliphatic rings. The molecule has 1 aromatic carbocycles. The molecule has 2 rings (SSSR count). The second-order valence-electron chi connectivity index (χ2n) is 5.00. The predicted molar refractivity (Wildman–Crippen MR) is 79.5 cm³/mol. The number of hydrogen-bond acceptors (Lipinski definition) is 2. The molecule has 0 aliphatic carbocycles. The van der Waals surface area contributed by atoms with Crippen molar-refractivity contribution in [1.82, 2.24) is 4.90 Å². The summed E-state index contributed by atoms with van der Waals surface area (Å²) in [4.78, 5) is 14.4. The number of amides is 1. The van der Waals surface area contributed by atoms with Crippen LogP contribution >= 0.6 is 27.5 Å². The van der Waals surface area contributed by atoms with E-state index in [4.69, 9.17) is 11.6 Å². The van der Waals surface area contributed by atoms with E-state index in [1.807, 2.05) is 4.90 Å². The molecule has 1 fully saturated rings. The van der Waals surface area contributed by atoms with Gasteiger partial charge in [0.05, 0.1) is 11.7 Å². The third kappa shape index (κ3) is 3.50. The van der Waals surface area contributed by atoms with Crippen LogP contribution in [0.2, 0.25) is 5.02 Å². The molecule has 0 bridgehead atoms. The van der Waals surface area contributed by atoms with Crippen molar-refractivity contribution in [3.05, 3.63) is 33.3 Å². The Hall–Kier alpha value is -0.580. The lowest BCUT2D eigenvalue weighted by Crippen LogP contribution is -2.37. The van der Waals surface area contributed by atoms with Crippen molar-refractivity contribution in [2.75, 3.05) is 6.54 Å². The smallest absolute Gasteiger partial charge is 0.255 e. The molecule has 1 amide bonds. The largest absolute Gasteiger partial charge is 0.393 e. The molecule has 0 spiro atoms. The summed E-state index contributed by atoms with van der Waals surface area (Å²) in [5, 5.41) is 10.1. The molecule has 0 aromatic heterocycles. The third-order valence-electron chi connectivity index (χ3n) is 3.41. The number of aliphatic hydroxyl groups is 1. The van der Waals surface area contributed by atoms with Crippen molar-refractivity contribution in [3.8, 4) is 0 Å². The number of halogens is 2. The molecule has 0 saturated carbocycles. The van der Waals surface area contributed by atoms with Crippen LogP contribution in [0, 0.1) is 0 Å². The van der Waals surface area contributed by atoms with E-state index in [-0.39, 0.29) is 18.1 Å². The first-order chi connectivity index (χ1) is 8.99. The maximum atomic E-state index is 12.6. The van der Waals surface area contributed by atoms with Gasteiger partial charge in [-0.2, -0.15) is 0 Å². The van der Waals surface area contributed by atoms with Crippen LogP contribution in [0.15, 0.2) is 22.7 Å². The van der Waals surface area contributed by atoms with E-state index in [0.717, 1.165) is 23.9 Å². The van der Waals surface area contributed by atoms with Crippen molar-refractivity contribution < 1.29 is 9.90 Å². The summed E-state index contributed by atoms with van der Waals surface area (Å²) in [7, 11) is 0. The average molecular weight is 347 g/mol. The molecule has 2 atom stereocenters. The van der Waals surface area contributed by atoms with Crippen LogP contribution in [-0.2, 0) is 0 Å². The molecule has 1 aromatic rings. The summed E-state index contributed by atoms with van der Waals surface area (Å²) in [5.41, 5.74) is 0.588. The highest BCUT2D eigenvalue weighted by Crippen LogP contribution is 2.28. The number of likely N-dealkylation sites (tertiary alicyclic amines) is 1. The second kappa shape index (κ2) is 6.25. The van der Waals surface area contributed by atoms with Gasteiger partial charge in [-0.15, -0.1) is 0 Å². The highest BCUT2D eigenvalue weighted by molar-refractivity contribution is 9.10. The molecule has 2 unspecified atom stereocenters. The van der Waals surface area contributed by atoms with Gasteiger partial charge in [0.2, 0.25) is 0 Å². The third-order valence-corrected chi connectivity index (χ3v) is 4.34. The number of carbonyl (C=O) groups excluding carboxylic acids is 1. The van der Waals surface area contributed by atoms with Crippen molar-refractivity contribution in [1.29, 1.82) is 0 Å². The summed E-state index contributed by atoms with van der Waals surface area (Å²) in [5.74, 6) is -0.0162. The van der Waals surface area contributed by atoms with E-state index in [2.05, 4.69) is 15.9 Å². The Labute approximate surface area is 126 Å². The lowest BCUT2D eigenvalue weighted by atomic mass is 10.1. The van der Waals surface area contributed by atoms with E-state index < -0.39 is 0 Å². The van der Waals surface area contributed by atoms with Crippen LogP contribution in [0.1, 0.15) is 36.5 Å². The molecule has 19 heavy (non-hydrogen) atoms. The molecule has 1 saturated heterocycles. The minimum absolute atomic E-state index is 0.0162. The fourth-order valence-electron chi connectivity index (χ4n) is 2.56. The fraction of sp³-hybridized carbons (Fsp3) is 0.500. The van der Waals surface area contributed by atoms with Gasteiger partial charge >= 0.3 is 0 Å². The molecule has 1 aliphatic heterocycles. The summed E-state index contributed by atoms with van der Waals surface area (Å²) in [6.07, 6.45) is 2.18. The Morgan fingerprint density at radius 2 is 2.37 bits per heavy atom. The first-order valence-electron chi connectivity index (χ1n) is 6.43. The van der Waals surface area contributed by atoms with Crippen LogP contribution < -0.4 is 0 Å². The van der Waals surface area contributed by atoms with Crippen LogP contribution in [0.4, 0.5) is 0 Å². The van der Waals surface area contributed by atoms with Gasteiger partial charge in [-0.25, -0.2) is 0 Å². The Bertz CT molecular complexity index is 479. The van der Waals surface area contributed by atoms with Crippen molar-refractivity contribution in [2.24, 2.45) is 0 Å². The van der Waals surface area contributed by atoms with Crippen LogP contribution in [0.3, 0.4) is 0 Å². The Morgan fingerprint density at radius 3 is 3.05 bits per heavy atom. The molecular formula is C14H17BrClNO2.